The molecule has 0 unspecified atom stereocenters. The Morgan fingerprint density at radius 1 is 1.16 bits per heavy atom. The van der Waals surface area contributed by atoms with Gasteiger partial charge in [0.25, 0.3) is 5.91 Å². The third-order valence-corrected chi connectivity index (χ3v) is 5.95. The summed E-state index contributed by atoms with van der Waals surface area (Å²) in [5.74, 6) is -0.683. The number of ether oxygens (including phenoxy) is 1. The highest BCUT2D eigenvalue weighted by Gasteiger charge is 2.30. The molecule has 0 radical (unpaired) electrons. The topological polar surface area (TPSA) is 93.5 Å². The number of amides is 1. The van der Waals surface area contributed by atoms with Gasteiger partial charge in [-0.1, -0.05) is 6.07 Å². The van der Waals surface area contributed by atoms with Gasteiger partial charge in [0, 0.05) is 11.6 Å². The number of anilines is 1. The quantitative estimate of drug-likeness (QED) is 0.561. The average Bonchev–Trinajstić information content (AvgIpc) is 3.16. The molecule has 1 heterocycles. The summed E-state index contributed by atoms with van der Waals surface area (Å²) >= 11 is 0. The Labute approximate surface area is 185 Å². The molecule has 1 aromatic heterocycles. The van der Waals surface area contributed by atoms with Crippen molar-refractivity contribution in [3.05, 3.63) is 59.4 Å². The number of esters is 1. The van der Waals surface area contributed by atoms with Gasteiger partial charge >= 0.3 is 5.97 Å². The van der Waals surface area contributed by atoms with Crippen LogP contribution in [0.3, 0.4) is 0 Å². The molecule has 7 nitrogen and oxygen atoms in total. The lowest BCUT2D eigenvalue weighted by Crippen LogP contribution is -2.26. The lowest BCUT2D eigenvalue weighted by atomic mass is 9.86. The fraction of sp³-hybridized carbons (Fsp3) is 0.375. The lowest BCUT2D eigenvalue weighted by molar-refractivity contribution is -0.149. The molecule has 0 atom stereocenters. The Hall–Kier alpha value is -3.26. The number of aromatic nitrogens is 2. The van der Waals surface area contributed by atoms with Gasteiger partial charge in [0.15, 0.2) is 0 Å². The molecular weight excluding hydrogens is 413 g/mol. The third kappa shape index (κ3) is 4.50. The monoisotopic (exact) mass is 439 g/mol. The molecule has 32 heavy (non-hydrogen) atoms. The highest BCUT2D eigenvalue weighted by atomic mass is 19.1. The molecule has 0 spiro atoms. The summed E-state index contributed by atoms with van der Waals surface area (Å²) in [5, 5.41) is 12.4. The van der Waals surface area contributed by atoms with E-state index in [1.165, 1.54) is 24.3 Å². The van der Waals surface area contributed by atoms with Crippen LogP contribution in [-0.4, -0.2) is 33.1 Å². The van der Waals surface area contributed by atoms with Crippen molar-refractivity contribution in [3.8, 4) is 0 Å². The molecule has 3 aromatic rings. The number of nitrogens with one attached hydrogen (secondary N) is 1. The smallest absolute Gasteiger partial charge is 0.308 e. The zero-order chi connectivity index (χ0) is 22.7. The Kier molecular flexibility index (Phi) is 6.50. The van der Waals surface area contributed by atoms with Crippen molar-refractivity contribution < 1.29 is 23.8 Å². The minimum atomic E-state index is -0.413. The summed E-state index contributed by atoms with van der Waals surface area (Å²) in [6, 6.07) is 10.8. The molecule has 1 fully saturated rings. The zero-order valence-corrected chi connectivity index (χ0v) is 17.9. The summed E-state index contributed by atoms with van der Waals surface area (Å²) in [6.45, 7) is 2.07. The number of imidazole rings is 1. The molecule has 1 saturated carbocycles. The molecule has 0 bridgehead atoms. The van der Waals surface area contributed by atoms with Gasteiger partial charge in [-0.25, -0.2) is 9.37 Å². The Morgan fingerprint density at radius 2 is 1.88 bits per heavy atom. The van der Waals surface area contributed by atoms with Gasteiger partial charge in [-0.2, -0.15) is 0 Å². The van der Waals surface area contributed by atoms with E-state index in [2.05, 4.69) is 10.3 Å². The van der Waals surface area contributed by atoms with Crippen LogP contribution < -0.4 is 5.32 Å². The molecule has 4 rings (SSSR count). The van der Waals surface area contributed by atoms with Crippen LogP contribution in [0.15, 0.2) is 42.5 Å². The Balaban J connectivity index is 1.64. The number of carbonyl (C=O) groups excluding carboxylic acids is 2. The van der Waals surface area contributed by atoms with Crippen molar-refractivity contribution in [1.29, 1.82) is 0 Å². The minimum Gasteiger partial charge on any atom is -0.466 e. The van der Waals surface area contributed by atoms with Crippen molar-refractivity contribution in [1.82, 2.24) is 9.55 Å². The molecule has 2 aromatic carbocycles. The van der Waals surface area contributed by atoms with Crippen molar-refractivity contribution in [2.24, 2.45) is 5.92 Å². The van der Waals surface area contributed by atoms with Crippen LogP contribution in [0.1, 0.15) is 54.6 Å². The van der Waals surface area contributed by atoms with Crippen molar-refractivity contribution >= 4 is 28.9 Å². The maximum Gasteiger partial charge on any atom is 0.308 e. The summed E-state index contributed by atoms with van der Waals surface area (Å²) in [5.41, 5.74) is 2.58. The standard InChI is InChI=1S/C24H26FN3O4/c1-2-32-23(31)17-6-10-19(11-7-17)28-21-13-15(14-29)3-12-20(21)26-24(28)27-22(30)16-4-8-18(25)9-5-16/h3-5,8-9,12-13,17,19,29H,2,6-7,10-11,14H2,1H3,(H,26,27,30)/t17-,19+. The fourth-order valence-electron chi connectivity index (χ4n) is 4.30. The van der Waals surface area contributed by atoms with Gasteiger partial charge in [-0.05, 0) is 74.6 Å². The number of halogens is 1. The van der Waals surface area contributed by atoms with Crippen LogP contribution >= 0.6 is 0 Å². The SMILES string of the molecule is CCOC(=O)[C@H]1CC[C@@H](n2c(NC(=O)c3ccc(F)cc3)nc3ccc(CO)cc32)CC1. The largest absolute Gasteiger partial charge is 0.466 e. The predicted molar refractivity (Wildman–Crippen MR) is 118 cm³/mol. The normalized spacial score (nSPS) is 18.5. The van der Waals surface area contributed by atoms with E-state index in [-0.39, 0.29) is 30.4 Å². The van der Waals surface area contributed by atoms with E-state index >= 15 is 0 Å². The van der Waals surface area contributed by atoms with Crippen molar-refractivity contribution in [2.75, 3.05) is 11.9 Å². The first-order valence-corrected chi connectivity index (χ1v) is 10.9. The van der Waals surface area contributed by atoms with Gasteiger partial charge < -0.3 is 14.4 Å². The summed E-state index contributed by atoms with van der Waals surface area (Å²) < 4.78 is 20.4. The molecule has 1 aliphatic carbocycles. The highest BCUT2D eigenvalue weighted by molar-refractivity contribution is 6.04. The Morgan fingerprint density at radius 3 is 2.53 bits per heavy atom. The average molecular weight is 439 g/mol. The molecule has 168 valence electrons. The third-order valence-electron chi connectivity index (χ3n) is 5.95. The van der Waals surface area contributed by atoms with E-state index in [1.807, 2.05) is 16.7 Å². The van der Waals surface area contributed by atoms with Crippen molar-refractivity contribution in [2.45, 2.75) is 45.3 Å². The van der Waals surface area contributed by atoms with E-state index in [0.717, 1.165) is 23.9 Å². The second-order valence-corrected chi connectivity index (χ2v) is 8.01. The van der Waals surface area contributed by atoms with E-state index in [1.54, 1.807) is 13.0 Å². The van der Waals surface area contributed by atoms with Gasteiger partial charge in [0.2, 0.25) is 5.95 Å². The first-order chi connectivity index (χ1) is 15.5. The van der Waals surface area contributed by atoms with E-state index in [0.29, 0.717) is 36.5 Å². The summed E-state index contributed by atoms with van der Waals surface area (Å²) in [6.07, 6.45) is 2.85. The molecule has 0 saturated heterocycles. The number of aliphatic hydroxyl groups is 1. The molecular formula is C24H26FN3O4. The predicted octanol–water partition coefficient (Wildman–Crippen LogP) is 4.21. The number of benzene rings is 2. The van der Waals surface area contributed by atoms with Crippen LogP contribution in [-0.2, 0) is 16.1 Å². The minimum absolute atomic E-state index is 0.0307. The molecule has 2 N–H and O–H groups in total. The summed E-state index contributed by atoms with van der Waals surface area (Å²) in [4.78, 5) is 29.5. The van der Waals surface area contributed by atoms with Crippen LogP contribution in [0.25, 0.3) is 11.0 Å². The Bertz CT molecular complexity index is 1120. The number of carbonyl (C=O) groups is 2. The number of nitrogens with zero attached hydrogens (tertiary/aromatic N) is 2. The first-order valence-electron chi connectivity index (χ1n) is 10.9. The first kappa shape index (κ1) is 22.0. The molecule has 1 amide bonds. The van der Waals surface area contributed by atoms with Crippen LogP contribution in [0, 0.1) is 11.7 Å². The number of rotatable bonds is 6. The van der Waals surface area contributed by atoms with Gasteiger partial charge in [-0.15, -0.1) is 0 Å². The number of fused-ring (bicyclic) bond motifs is 1. The van der Waals surface area contributed by atoms with Gasteiger partial charge in [0.1, 0.15) is 5.82 Å². The van der Waals surface area contributed by atoms with Crippen LogP contribution in [0.4, 0.5) is 10.3 Å². The van der Waals surface area contributed by atoms with E-state index in [9.17, 15) is 19.1 Å². The van der Waals surface area contributed by atoms with Gasteiger partial charge in [-0.3, -0.25) is 14.9 Å². The van der Waals surface area contributed by atoms with Crippen LogP contribution in [0.2, 0.25) is 0 Å². The van der Waals surface area contributed by atoms with Gasteiger partial charge in [0.05, 0.1) is 30.2 Å². The van der Waals surface area contributed by atoms with E-state index < -0.39 is 5.82 Å². The van der Waals surface area contributed by atoms with Crippen molar-refractivity contribution in [3.63, 3.8) is 0 Å². The fourth-order valence-corrected chi connectivity index (χ4v) is 4.30. The lowest BCUT2D eigenvalue weighted by Gasteiger charge is -2.29. The second kappa shape index (κ2) is 9.48. The number of hydrogen-bond acceptors (Lipinski definition) is 5. The molecule has 8 heteroatoms. The second-order valence-electron chi connectivity index (χ2n) is 8.01. The molecule has 1 aliphatic rings. The molecule has 0 aliphatic heterocycles. The number of aliphatic hydroxyl groups excluding tert-OH is 1. The summed E-state index contributed by atoms with van der Waals surface area (Å²) in [7, 11) is 0. The van der Waals surface area contributed by atoms with E-state index in [4.69, 9.17) is 4.74 Å². The number of hydrogen-bond donors (Lipinski definition) is 2. The zero-order valence-electron chi connectivity index (χ0n) is 17.9. The highest BCUT2D eigenvalue weighted by Crippen LogP contribution is 2.37. The van der Waals surface area contributed by atoms with Crippen LogP contribution in [0.5, 0.6) is 0 Å². The maximum absolute atomic E-state index is 13.2. The maximum atomic E-state index is 13.2.